The Balaban J connectivity index is 1.92. The summed E-state index contributed by atoms with van der Waals surface area (Å²) >= 11 is 0. The third-order valence-electron chi connectivity index (χ3n) is 4.42. The molecule has 1 saturated carbocycles. The fourth-order valence-electron chi connectivity index (χ4n) is 2.92. The van der Waals surface area contributed by atoms with Crippen LogP contribution in [0, 0.1) is 24.2 Å². The van der Waals surface area contributed by atoms with E-state index in [4.69, 9.17) is 15.9 Å². The van der Waals surface area contributed by atoms with Crippen LogP contribution < -0.4 is 14.8 Å². The van der Waals surface area contributed by atoms with Crippen LogP contribution in [0.25, 0.3) is 0 Å². The SMILES string of the molecule is C#CCOc1ccc(C(=O)NCC2CCC(C)CC2)cc1OC. The van der Waals surface area contributed by atoms with Crippen LogP contribution in [0.15, 0.2) is 18.2 Å². The molecule has 0 atom stereocenters. The van der Waals surface area contributed by atoms with Crippen molar-refractivity contribution in [3.05, 3.63) is 23.8 Å². The van der Waals surface area contributed by atoms with Gasteiger partial charge in [-0.25, -0.2) is 0 Å². The molecule has 1 N–H and O–H groups in total. The van der Waals surface area contributed by atoms with Gasteiger partial charge in [0.25, 0.3) is 5.91 Å². The van der Waals surface area contributed by atoms with Crippen molar-refractivity contribution in [2.75, 3.05) is 20.3 Å². The average Bonchev–Trinajstić information content (AvgIpc) is 2.59. The van der Waals surface area contributed by atoms with Gasteiger partial charge in [0, 0.05) is 12.1 Å². The molecule has 23 heavy (non-hydrogen) atoms. The van der Waals surface area contributed by atoms with Gasteiger partial charge in [-0.3, -0.25) is 4.79 Å². The van der Waals surface area contributed by atoms with Gasteiger partial charge in [-0.2, -0.15) is 0 Å². The molecule has 1 aromatic rings. The van der Waals surface area contributed by atoms with E-state index >= 15 is 0 Å². The van der Waals surface area contributed by atoms with Crippen LogP contribution in [0.2, 0.25) is 0 Å². The van der Waals surface area contributed by atoms with Gasteiger partial charge < -0.3 is 14.8 Å². The summed E-state index contributed by atoms with van der Waals surface area (Å²) in [6.45, 7) is 3.20. The Bertz CT molecular complexity index is 568. The summed E-state index contributed by atoms with van der Waals surface area (Å²) in [5.41, 5.74) is 0.569. The normalized spacial score (nSPS) is 20.4. The molecule has 4 heteroatoms. The third kappa shape index (κ3) is 4.92. The zero-order valence-electron chi connectivity index (χ0n) is 13.9. The average molecular weight is 315 g/mol. The van der Waals surface area contributed by atoms with E-state index in [-0.39, 0.29) is 12.5 Å². The molecule has 0 unspecified atom stereocenters. The van der Waals surface area contributed by atoms with E-state index in [2.05, 4.69) is 18.2 Å². The number of rotatable bonds is 6. The van der Waals surface area contributed by atoms with E-state index in [1.54, 1.807) is 25.3 Å². The standard InChI is InChI=1S/C19H25NO3/c1-4-11-23-17-10-9-16(12-18(17)22-3)19(21)20-13-15-7-5-14(2)6-8-15/h1,9-10,12,14-15H,5-8,11,13H2,2-3H3,(H,20,21). The Morgan fingerprint density at radius 1 is 1.30 bits per heavy atom. The highest BCUT2D eigenvalue weighted by Crippen LogP contribution is 2.29. The van der Waals surface area contributed by atoms with Gasteiger partial charge in [-0.1, -0.05) is 25.7 Å². The predicted octanol–water partition coefficient (Wildman–Crippen LogP) is 3.26. The van der Waals surface area contributed by atoms with Crippen molar-refractivity contribution in [1.29, 1.82) is 0 Å². The lowest BCUT2D eigenvalue weighted by atomic mass is 9.83. The third-order valence-corrected chi connectivity index (χ3v) is 4.42. The van der Waals surface area contributed by atoms with Crippen LogP contribution in [0.3, 0.4) is 0 Å². The Morgan fingerprint density at radius 3 is 2.70 bits per heavy atom. The first-order chi connectivity index (χ1) is 11.1. The van der Waals surface area contributed by atoms with E-state index in [0.29, 0.717) is 23.0 Å². The molecule has 1 fully saturated rings. The second-order valence-corrected chi connectivity index (χ2v) is 6.19. The predicted molar refractivity (Wildman–Crippen MR) is 90.8 cm³/mol. The first-order valence-corrected chi connectivity index (χ1v) is 8.16. The monoisotopic (exact) mass is 315 g/mol. The number of ether oxygens (including phenoxy) is 2. The van der Waals surface area contributed by atoms with Crippen LogP contribution >= 0.6 is 0 Å². The molecule has 1 aromatic carbocycles. The van der Waals surface area contributed by atoms with E-state index < -0.39 is 0 Å². The fourth-order valence-corrected chi connectivity index (χ4v) is 2.92. The van der Waals surface area contributed by atoms with Crippen molar-refractivity contribution < 1.29 is 14.3 Å². The van der Waals surface area contributed by atoms with Crippen LogP contribution in [-0.2, 0) is 0 Å². The lowest BCUT2D eigenvalue weighted by molar-refractivity contribution is 0.0941. The topological polar surface area (TPSA) is 47.6 Å². The van der Waals surface area contributed by atoms with Gasteiger partial charge in [0.05, 0.1) is 7.11 Å². The molecular weight excluding hydrogens is 290 g/mol. The van der Waals surface area contributed by atoms with Gasteiger partial charge >= 0.3 is 0 Å². The Morgan fingerprint density at radius 2 is 2.04 bits per heavy atom. The van der Waals surface area contributed by atoms with Gasteiger partial charge in [-0.05, 0) is 42.9 Å². The first-order valence-electron chi connectivity index (χ1n) is 8.16. The summed E-state index contributed by atoms with van der Waals surface area (Å²) in [6.07, 6.45) is 10.1. The molecule has 0 saturated heterocycles. The van der Waals surface area contributed by atoms with Crippen molar-refractivity contribution in [1.82, 2.24) is 5.32 Å². The number of hydrogen-bond donors (Lipinski definition) is 1. The maximum atomic E-state index is 12.3. The summed E-state index contributed by atoms with van der Waals surface area (Å²) < 4.78 is 10.7. The number of amides is 1. The minimum absolute atomic E-state index is 0.0783. The molecular formula is C19H25NO3. The summed E-state index contributed by atoms with van der Waals surface area (Å²) in [6, 6.07) is 5.13. The maximum Gasteiger partial charge on any atom is 0.251 e. The molecule has 0 aromatic heterocycles. The lowest BCUT2D eigenvalue weighted by Crippen LogP contribution is -2.31. The Kier molecular flexibility index (Phi) is 6.34. The lowest BCUT2D eigenvalue weighted by Gasteiger charge is -2.26. The minimum Gasteiger partial charge on any atom is -0.493 e. The van der Waals surface area contributed by atoms with E-state index in [9.17, 15) is 4.79 Å². The number of nitrogens with one attached hydrogen (secondary N) is 1. The largest absolute Gasteiger partial charge is 0.493 e. The van der Waals surface area contributed by atoms with Crippen molar-refractivity contribution >= 4 is 5.91 Å². The number of methoxy groups -OCH3 is 1. The fraction of sp³-hybridized carbons (Fsp3) is 0.526. The molecule has 0 radical (unpaired) electrons. The second-order valence-electron chi connectivity index (χ2n) is 6.19. The van der Waals surface area contributed by atoms with Gasteiger partial charge in [-0.15, -0.1) is 6.42 Å². The molecule has 124 valence electrons. The number of benzene rings is 1. The molecule has 1 amide bonds. The molecule has 0 bridgehead atoms. The number of carbonyl (C=O) groups excluding carboxylic acids is 1. The van der Waals surface area contributed by atoms with Crippen molar-refractivity contribution in [2.45, 2.75) is 32.6 Å². The van der Waals surface area contributed by atoms with Gasteiger partial charge in [0.1, 0.15) is 6.61 Å². The molecule has 2 rings (SSSR count). The molecule has 0 spiro atoms. The van der Waals surface area contributed by atoms with Crippen molar-refractivity contribution in [3.63, 3.8) is 0 Å². The number of hydrogen-bond acceptors (Lipinski definition) is 3. The maximum absolute atomic E-state index is 12.3. The van der Waals surface area contributed by atoms with Crippen LogP contribution in [0.5, 0.6) is 11.5 Å². The van der Waals surface area contributed by atoms with E-state index in [0.717, 1.165) is 12.5 Å². The highest BCUT2D eigenvalue weighted by atomic mass is 16.5. The van der Waals surface area contributed by atoms with Gasteiger partial charge in [0.2, 0.25) is 0 Å². The van der Waals surface area contributed by atoms with Crippen molar-refractivity contribution in [3.8, 4) is 23.8 Å². The summed E-state index contributed by atoms with van der Waals surface area (Å²) in [5, 5.41) is 3.03. The quantitative estimate of drug-likeness (QED) is 0.820. The first kappa shape index (κ1) is 17.2. The highest BCUT2D eigenvalue weighted by Gasteiger charge is 2.19. The zero-order valence-corrected chi connectivity index (χ0v) is 13.9. The van der Waals surface area contributed by atoms with Gasteiger partial charge in [0.15, 0.2) is 11.5 Å². The molecule has 0 heterocycles. The van der Waals surface area contributed by atoms with E-state index in [1.807, 2.05) is 0 Å². The minimum atomic E-state index is -0.0783. The summed E-state index contributed by atoms with van der Waals surface area (Å²) in [5.74, 6) is 4.80. The van der Waals surface area contributed by atoms with Crippen LogP contribution in [0.1, 0.15) is 43.0 Å². The molecule has 1 aliphatic rings. The molecule has 1 aliphatic carbocycles. The summed E-state index contributed by atoms with van der Waals surface area (Å²) in [4.78, 5) is 12.3. The number of carbonyl (C=O) groups is 1. The van der Waals surface area contributed by atoms with E-state index in [1.165, 1.54) is 25.7 Å². The highest BCUT2D eigenvalue weighted by molar-refractivity contribution is 5.94. The zero-order chi connectivity index (χ0) is 16.7. The molecule has 0 aliphatic heterocycles. The second kappa shape index (κ2) is 8.47. The van der Waals surface area contributed by atoms with Crippen molar-refractivity contribution in [2.24, 2.45) is 11.8 Å². The molecule has 4 nitrogen and oxygen atoms in total. The van der Waals surface area contributed by atoms with Crippen LogP contribution in [-0.4, -0.2) is 26.2 Å². The number of terminal acetylenes is 1. The van der Waals surface area contributed by atoms with Crippen LogP contribution in [0.4, 0.5) is 0 Å². The Labute approximate surface area is 138 Å². The smallest absolute Gasteiger partial charge is 0.251 e. The summed E-state index contributed by atoms with van der Waals surface area (Å²) in [7, 11) is 1.54. The Hall–Kier alpha value is -2.15.